The Hall–Kier alpha value is -2.80. The normalized spacial score (nSPS) is 14.7. The molecule has 2 aromatic carbocycles. The largest absolute Gasteiger partial charge is 0.299 e. The molecule has 4 aromatic rings. The van der Waals surface area contributed by atoms with Crippen molar-refractivity contribution in [3.05, 3.63) is 89.2 Å². The van der Waals surface area contributed by atoms with E-state index in [0.29, 0.717) is 10.9 Å². The van der Waals surface area contributed by atoms with Crippen LogP contribution in [0.4, 0.5) is 4.39 Å². The fourth-order valence-electron chi connectivity index (χ4n) is 4.39. The Kier molecular flexibility index (Phi) is 7.38. The number of piperidine rings is 1. The highest BCUT2D eigenvalue weighted by Crippen LogP contribution is 2.39. The van der Waals surface area contributed by atoms with Crippen LogP contribution in [0, 0.1) is 5.82 Å². The summed E-state index contributed by atoms with van der Waals surface area (Å²) in [4.78, 5) is 11.0. The minimum absolute atomic E-state index is 0. The second-order valence-corrected chi connectivity index (χ2v) is 8.58. The molecule has 0 spiro atoms. The minimum atomic E-state index is -0.194. The highest BCUT2D eigenvalue weighted by molar-refractivity contribution is 6.30. The van der Waals surface area contributed by atoms with Crippen molar-refractivity contribution in [2.75, 3.05) is 13.1 Å². The van der Waals surface area contributed by atoms with Crippen LogP contribution in [-0.4, -0.2) is 38.2 Å². The van der Waals surface area contributed by atoms with Crippen molar-refractivity contribution in [2.45, 2.75) is 25.3 Å². The smallest absolute Gasteiger partial charge is 0.123 e. The topological polar surface area (TPSA) is 57.7 Å². The molecule has 0 unspecified atom stereocenters. The number of nitrogens with one attached hydrogen (secondary N) is 1. The summed E-state index contributed by atoms with van der Waals surface area (Å²) in [7, 11) is 0. The van der Waals surface area contributed by atoms with Crippen molar-refractivity contribution in [2.24, 2.45) is 0 Å². The summed E-state index contributed by atoms with van der Waals surface area (Å²) in [6, 6.07) is 16.4. The lowest BCUT2D eigenvalue weighted by molar-refractivity contribution is 0.203. The zero-order chi connectivity index (χ0) is 21.9. The van der Waals surface area contributed by atoms with Crippen LogP contribution < -0.4 is 0 Å². The molecule has 0 bridgehead atoms. The van der Waals surface area contributed by atoms with Gasteiger partial charge in [0.1, 0.15) is 17.8 Å². The van der Waals surface area contributed by atoms with Gasteiger partial charge < -0.3 is 0 Å². The number of H-pyrrole nitrogens is 1. The summed E-state index contributed by atoms with van der Waals surface area (Å²) in [5.41, 5.74) is 6.03. The van der Waals surface area contributed by atoms with Gasteiger partial charge in [0.25, 0.3) is 0 Å². The van der Waals surface area contributed by atoms with Crippen LogP contribution >= 0.6 is 24.0 Å². The van der Waals surface area contributed by atoms with Gasteiger partial charge in [-0.3, -0.25) is 10.00 Å². The molecular formula is C25H24Cl2FN5. The Labute approximate surface area is 203 Å². The molecule has 1 aliphatic heterocycles. The van der Waals surface area contributed by atoms with Crippen molar-refractivity contribution in [3.8, 4) is 22.5 Å². The van der Waals surface area contributed by atoms with E-state index in [4.69, 9.17) is 11.6 Å². The fraction of sp³-hybridized carbons (Fsp3) is 0.240. The van der Waals surface area contributed by atoms with Gasteiger partial charge in [0, 0.05) is 40.5 Å². The Morgan fingerprint density at radius 2 is 1.73 bits per heavy atom. The molecule has 1 aliphatic rings. The highest BCUT2D eigenvalue weighted by Gasteiger charge is 2.27. The van der Waals surface area contributed by atoms with E-state index in [-0.39, 0.29) is 18.2 Å². The predicted octanol–water partition coefficient (Wildman–Crippen LogP) is 6.13. The highest BCUT2D eigenvalue weighted by atomic mass is 35.5. The lowest BCUT2D eigenvalue weighted by Gasteiger charge is -2.32. The van der Waals surface area contributed by atoms with Crippen LogP contribution in [0.3, 0.4) is 0 Å². The maximum atomic E-state index is 13.2. The summed E-state index contributed by atoms with van der Waals surface area (Å²) in [5, 5.41) is 8.70. The predicted molar refractivity (Wildman–Crippen MR) is 131 cm³/mol. The van der Waals surface area contributed by atoms with Gasteiger partial charge in [0.15, 0.2) is 0 Å². The van der Waals surface area contributed by atoms with Crippen LogP contribution in [0.5, 0.6) is 0 Å². The Bertz CT molecular complexity index is 1170. The molecule has 3 heterocycles. The van der Waals surface area contributed by atoms with E-state index in [1.165, 1.54) is 12.1 Å². The number of halogens is 3. The molecule has 0 atom stereocenters. The van der Waals surface area contributed by atoms with Crippen LogP contribution in [0.15, 0.2) is 67.1 Å². The van der Waals surface area contributed by atoms with E-state index >= 15 is 0 Å². The van der Waals surface area contributed by atoms with Gasteiger partial charge in [-0.25, -0.2) is 14.4 Å². The quantitative estimate of drug-likeness (QED) is 0.371. The molecule has 170 valence electrons. The number of hydrogen-bond acceptors (Lipinski definition) is 4. The molecule has 0 saturated carbocycles. The maximum Gasteiger partial charge on any atom is 0.123 e. The van der Waals surface area contributed by atoms with Crippen molar-refractivity contribution >= 4 is 24.0 Å². The number of benzene rings is 2. The Morgan fingerprint density at radius 1 is 1.00 bits per heavy atom. The first kappa shape index (κ1) is 23.4. The Balaban J connectivity index is 0.00000259. The second-order valence-electron chi connectivity index (χ2n) is 8.14. The minimum Gasteiger partial charge on any atom is -0.299 e. The zero-order valence-corrected chi connectivity index (χ0v) is 19.5. The molecule has 5 nitrogen and oxygen atoms in total. The van der Waals surface area contributed by atoms with Gasteiger partial charge in [-0.2, -0.15) is 5.10 Å². The van der Waals surface area contributed by atoms with Crippen LogP contribution in [-0.2, 0) is 6.54 Å². The molecule has 2 aromatic heterocycles. The van der Waals surface area contributed by atoms with E-state index in [2.05, 4.69) is 25.1 Å². The molecule has 0 aliphatic carbocycles. The monoisotopic (exact) mass is 483 g/mol. The molecule has 0 amide bonds. The first-order chi connectivity index (χ1) is 15.7. The molecule has 1 saturated heterocycles. The number of aromatic amines is 1. The van der Waals surface area contributed by atoms with Crippen molar-refractivity contribution in [1.82, 2.24) is 25.1 Å². The maximum absolute atomic E-state index is 13.2. The molecule has 5 rings (SSSR count). The summed E-state index contributed by atoms with van der Waals surface area (Å²) in [6.45, 7) is 2.78. The molecular weight excluding hydrogens is 460 g/mol. The van der Waals surface area contributed by atoms with E-state index in [9.17, 15) is 4.39 Å². The van der Waals surface area contributed by atoms with Crippen LogP contribution in [0.2, 0.25) is 5.02 Å². The van der Waals surface area contributed by atoms with Crippen molar-refractivity contribution in [1.29, 1.82) is 0 Å². The summed E-state index contributed by atoms with van der Waals surface area (Å²) in [6.07, 6.45) is 5.36. The summed E-state index contributed by atoms with van der Waals surface area (Å²) in [5.74, 6) is 0.165. The average molecular weight is 484 g/mol. The van der Waals surface area contributed by atoms with Gasteiger partial charge in [0.05, 0.1) is 5.69 Å². The van der Waals surface area contributed by atoms with Gasteiger partial charge in [-0.05, 0) is 61.8 Å². The van der Waals surface area contributed by atoms with Crippen LogP contribution in [0.25, 0.3) is 22.5 Å². The average Bonchev–Trinajstić information content (AvgIpc) is 3.27. The van der Waals surface area contributed by atoms with E-state index in [1.807, 2.05) is 42.5 Å². The SMILES string of the molecule is Cl.Fc1ccc(CN2CCC(c3[nH]nc(-c4ccc(Cl)cc4)c3-c3ccncn3)CC2)cc1. The van der Waals surface area contributed by atoms with E-state index in [1.54, 1.807) is 12.5 Å². The second kappa shape index (κ2) is 10.4. The van der Waals surface area contributed by atoms with Gasteiger partial charge in [-0.1, -0.05) is 35.9 Å². The lowest BCUT2D eigenvalue weighted by Crippen LogP contribution is -2.32. The summed E-state index contributed by atoms with van der Waals surface area (Å²) < 4.78 is 13.2. The number of aromatic nitrogens is 4. The third-order valence-corrected chi connectivity index (χ3v) is 6.32. The van der Waals surface area contributed by atoms with Gasteiger partial charge in [0.2, 0.25) is 0 Å². The van der Waals surface area contributed by atoms with E-state index in [0.717, 1.165) is 66.2 Å². The van der Waals surface area contributed by atoms with Crippen molar-refractivity contribution in [3.63, 3.8) is 0 Å². The fourth-order valence-corrected chi connectivity index (χ4v) is 4.52. The standard InChI is InChI=1S/C25H23ClFN5.ClH/c26-20-5-3-18(4-6-20)24-23(22-9-12-28-16-29-22)25(31-30-24)19-10-13-32(14-11-19)15-17-1-7-21(27)8-2-17;/h1-9,12,16,19H,10-11,13-15H2,(H,30,31);1H. The number of hydrogen-bond donors (Lipinski definition) is 1. The third-order valence-electron chi connectivity index (χ3n) is 6.07. The first-order valence-corrected chi connectivity index (χ1v) is 11.1. The van der Waals surface area contributed by atoms with E-state index < -0.39 is 0 Å². The molecule has 1 fully saturated rings. The zero-order valence-electron chi connectivity index (χ0n) is 17.9. The lowest BCUT2D eigenvalue weighted by atomic mass is 9.88. The number of rotatable bonds is 5. The first-order valence-electron chi connectivity index (χ1n) is 10.7. The third kappa shape index (κ3) is 5.24. The molecule has 0 radical (unpaired) electrons. The van der Waals surface area contributed by atoms with Gasteiger partial charge in [-0.15, -0.1) is 12.4 Å². The molecule has 1 N–H and O–H groups in total. The van der Waals surface area contributed by atoms with Crippen molar-refractivity contribution < 1.29 is 4.39 Å². The molecule has 33 heavy (non-hydrogen) atoms. The number of likely N-dealkylation sites (tertiary alicyclic amines) is 1. The Morgan fingerprint density at radius 3 is 2.39 bits per heavy atom. The van der Waals surface area contributed by atoms with Crippen LogP contribution in [0.1, 0.15) is 30.0 Å². The summed E-state index contributed by atoms with van der Waals surface area (Å²) >= 11 is 6.09. The number of nitrogens with zero attached hydrogens (tertiary/aromatic N) is 4. The molecule has 8 heteroatoms. The van der Waals surface area contributed by atoms with Gasteiger partial charge >= 0.3 is 0 Å².